The van der Waals surface area contributed by atoms with E-state index in [1.807, 2.05) is 37.3 Å². The molecule has 2 aliphatic rings. The van der Waals surface area contributed by atoms with E-state index in [1.54, 1.807) is 11.3 Å². The molecule has 0 unspecified atom stereocenters. The standard InChI is InChI=1S/C29H30FNO4S/c1-16-25(8-18-4-6-19(7-5-18)20-9-22(30)11-24(10-20)35-3)26(17(2)36-16)27(32)31-23-14-29(15-23)12-21(13-29)28(33)34/h4-7,9-11,21,23H,8,12-15H2,1-3H3,(H,31,32)(H,33,34). The normalized spacial score (nSPS) is 22.6. The Morgan fingerprint density at radius 2 is 1.75 bits per heavy atom. The number of carbonyl (C=O) groups is 2. The molecule has 7 heteroatoms. The molecule has 1 amide bonds. The summed E-state index contributed by atoms with van der Waals surface area (Å²) in [5, 5.41) is 12.3. The highest BCUT2D eigenvalue weighted by atomic mass is 32.1. The van der Waals surface area contributed by atoms with Gasteiger partial charge in [0.05, 0.1) is 18.6 Å². The fourth-order valence-corrected chi connectivity index (χ4v) is 7.02. The predicted molar refractivity (Wildman–Crippen MR) is 138 cm³/mol. The Hall–Kier alpha value is -3.19. The second kappa shape index (κ2) is 9.36. The molecule has 1 heterocycles. The van der Waals surface area contributed by atoms with Crippen LogP contribution >= 0.6 is 11.3 Å². The zero-order valence-electron chi connectivity index (χ0n) is 20.7. The Labute approximate surface area is 214 Å². The number of aliphatic carboxylic acids is 1. The van der Waals surface area contributed by atoms with Gasteiger partial charge in [0.15, 0.2) is 0 Å². The molecule has 1 aromatic heterocycles. The summed E-state index contributed by atoms with van der Waals surface area (Å²) >= 11 is 1.64. The van der Waals surface area contributed by atoms with E-state index in [1.165, 1.54) is 19.2 Å². The molecule has 2 N–H and O–H groups in total. The van der Waals surface area contributed by atoms with Gasteiger partial charge < -0.3 is 15.2 Å². The first-order chi connectivity index (χ1) is 17.2. The number of carbonyl (C=O) groups excluding carboxylic acids is 1. The van der Waals surface area contributed by atoms with Crippen molar-refractivity contribution in [2.45, 2.75) is 52.0 Å². The summed E-state index contributed by atoms with van der Waals surface area (Å²) in [5.41, 5.74) is 4.65. The van der Waals surface area contributed by atoms with Crippen LogP contribution in [0.1, 0.15) is 56.9 Å². The minimum Gasteiger partial charge on any atom is -0.497 e. The average Bonchev–Trinajstić information content (AvgIpc) is 3.06. The second-order valence-electron chi connectivity index (χ2n) is 10.3. The molecule has 0 bridgehead atoms. The third-order valence-electron chi connectivity index (χ3n) is 7.79. The number of nitrogens with one attached hydrogen (secondary N) is 1. The smallest absolute Gasteiger partial charge is 0.306 e. The number of hydrogen-bond acceptors (Lipinski definition) is 4. The van der Waals surface area contributed by atoms with E-state index in [2.05, 4.69) is 12.2 Å². The fourth-order valence-electron chi connectivity index (χ4n) is 5.95. The van der Waals surface area contributed by atoms with Crippen LogP contribution in [0.3, 0.4) is 0 Å². The van der Waals surface area contributed by atoms with Gasteiger partial charge in [-0.3, -0.25) is 9.59 Å². The van der Waals surface area contributed by atoms with Crippen molar-refractivity contribution in [2.24, 2.45) is 11.3 Å². The lowest BCUT2D eigenvalue weighted by Gasteiger charge is -2.56. The Morgan fingerprint density at radius 1 is 1.06 bits per heavy atom. The largest absolute Gasteiger partial charge is 0.497 e. The highest BCUT2D eigenvalue weighted by molar-refractivity contribution is 7.12. The molecule has 0 atom stereocenters. The lowest BCUT2D eigenvalue weighted by Crippen LogP contribution is -2.57. The molecule has 3 aromatic rings. The summed E-state index contributed by atoms with van der Waals surface area (Å²) in [4.78, 5) is 26.5. The number of carboxylic acid groups (broad SMARTS) is 1. The Balaban J connectivity index is 1.27. The fraction of sp³-hybridized carbons (Fsp3) is 0.379. The van der Waals surface area contributed by atoms with Crippen LogP contribution in [-0.2, 0) is 11.2 Å². The summed E-state index contributed by atoms with van der Waals surface area (Å²) in [6.07, 6.45) is 3.84. The first kappa shape index (κ1) is 24.5. The first-order valence-electron chi connectivity index (χ1n) is 12.2. The SMILES string of the molecule is COc1cc(F)cc(-c2ccc(Cc3c(C)sc(C)c3C(=O)NC3CC4(C3)CC(C(=O)O)C4)cc2)c1. The summed E-state index contributed by atoms with van der Waals surface area (Å²) in [7, 11) is 1.52. The van der Waals surface area contributed by atoms with Gasteiger partial charge in [-0.25, -0.2) is 4.39 Å². The molecule has 36 heavy (non-hydrogen) atoms. The van der Waals surface area contributed by atoms with E-state index >= 15 is 0 Å². The lowest BCUT2D eigenvalue weighted by atomic mass is 9.50. The van der Waals surface area contributed by atoms with Gasteiger partial charge in [0.25, 0.3) is 5.91 Å². The molecule has 1 spiro atoms. The van der Waals surface area contributed by atoms with Gasteiger partial charge in [0.2, 0.25) is 0 Å². The molecule has 0 aliphatic heterocycles. The molecule has 2 saturated carbocycles. The van der Waals surface area contributed by atoms with Crippen LogP contribution in [0.15, 0.2) is 42.5 Å². The quantitative estimate of drug-likeness (QED) is 0.403. The van der Waals surface area contributed by atoms with Gasteiger partial charge in [-0.15, -0.1) is 11.3 Å². The molecule has 0 saturated heterocycles. The van der Waals surface area contributed by atoms with Crippen molar-refractivity contribution in [3.63, 3.8) is 0 Å². The zero-order chi connectivity index (χ0) is 25.6. The number of amides is 1. The molecular weight excluding hydrogens is 477 g/mol. The van der Waals surface area contributed by atoms with E-state index in [9.17, 15) is 14.0 Å². The van der Waals surface area contributed by atoms with E-state index in [0.717, 1.165) is 63.3 Å². The number of ether oxygens (including phenoxy) is 1. The monoisotopic (exact) mass is 507 g/mol. The maximum Gasteiger partial charge on any atom is 0.306 e. The van der Waals surface area contributed by atoms with Crippen molar-refractivity contribution < 1.29 is 23.8 Å². The Bertz CT molecular complexity index is 1320. The predicted octanol–water partition coefficient (Wildman–Crippen LogP) is 6.14. The van der Waals surface area contributed by atoms with Crippen molar-refractivity contribution in [3.8, 4) is 16.9 Å². The number of aryl methyl sites for hydroxylation is 2. The van der Waals surface area contributed by atoms with Crippen LogP contribution in [0.5, 0.6) is 5.75 Å². The molecule has 2 fully saturated rings. The van der Waals surface area contributed by atoms with Crippen molar-refractivity contribution in [1.29, 1.82) is 0 Å². The molecule has 5 rings (SSSR count). The van der Waals surface area contributed by atoms with Gasteiger partial charge in [0.1, 0.15) is 11.6 Å². The summed E-state index contributed by atoms with van der Waals surface area (Å²) in [6.45, 7) is 4.04. The minimum absolute atomic E-state index is 0.0377. The number of rotatable bonds is 7. The zero-order valence-corrected chi connectivity index (χ0v) is 21.5. The van der Waals surface area contributed by atoms with E-state index in [-0.39, 0.29) is 29.1 Å². The van der Waals surface area contributed by atoms with Crippen LogP contribution in [0, 0.1) is 31.0 Å². The third-order valence-corrected chi connectivity index (χ3v) is 8.85. The summed E-state index contributed by atoms with van der Waals surface area (Å²) in [5.74, 6) is -0.824. The summed E-state index contributed by atoms with van der Waals surface area (Å²) in [6, 6.07) is 12.7. The lowest BCUT2D eigenvalue weighted by molar-refractivity contribution is -0.155. The van der Waals surface area contributed by atoms with E-state index < -0.39 is 5.97 Å². The van der Waals surface area contributed by atoms with Crippen molar-refractivity contribution in [1.82, 2.24) is 5.32 Å². The van der Waals surface area contributed by atoms with Crippen molar-refractivity contribution >= 4 is 23.2 Å². The average molecular weight is 508 g/mol. The maximum atomic E-state index is 13.9. The van der Waals surface area contributed by atoms with Gasteiger partial charge in [-0.05, 0) is 85.8 Å². The van der Waals surface area contributed by atoms with Gasteiger partial charge in [0, 0.05) is 21.9 Å². The number of hydrogen-bond donors (Lipinski definition) is 2. The van der Waals surface area contributed by atoms with Gasteiger partial charge in [-0.2, -0.15) is 0 Å². The Morgan fingerprint density at radius 3 is 2.39 bits per heavy atom. The van der Waals surface area contributed by atoms with Crippen LogP contribution in [0.25, 0.3) is 11.1 Å². The highest BCUT2D eigenvalue weighted by Gasteiger charge is 2.55. The maximum absolute atomic E-state index is 13.9. The first-order valence-corrected chi connectivity index (χ1v) is 13.0. The molecule has 188 valence electrons. The molecule has 5 nitrogen and oxygen atoms in total. The highest BCUT2D eigenvalue weighted by Crippen LogP contribution is 2.58. The number of halogens is 1. The number of carboxylic acids is 1. The van der Waals surface area contributed by atoms with Gasteiger partial charge in [-0.1, -0.05) is 24.3 Å². The van der Waals surface area contributed by atoms with Crippen LogP contribution in [0.4, 0.5) is 4.39 Å². The van der Waals surface area contributed by atoms with Crippen LogP contribution in [0.2, 0.25) is 0 Å². The molecule has 2 aliphatic carbocycles. The number of thiophene rings is 1. The van der Waals surface area contributed by atoms with E-state index in [4.69, 9.17) is 9.84 Å². The number of benzene rings is 2. The summed E-state index contributed by atoms with van der Waals surface area (Å²) < 4.78 is 19.1. The molecule has 2 aromatic carbocycles. The van der Waals surface area contributed by atoms with Crippen molar-refractivity contribution in [3.05, 3.63) is 74.7 Å². The topological polar surface area (TPSA) is 75.6 Å². The Kier molecular flexibility index (Phi) is 6.37. The molecule has 0 radical (unpaired) electrons. The van der Waals surface area contributed by atoms with Crippen LogP contribution in [-0.4, -0.2) is 30.1 Å². The van der Waals surface area contributed by atoms with Gasteiger partial charge >= 0.3 is 5.97 Å². The van der Waals surface area contributed by atoms with Crippen LogP contribution < -0.4 is 10.1 Å². The van der Waals surface area contributed by atoms with E-state index in [0.29, 0.717) is 12.2 Å². The minimum atomic E-state index is -0.703. The van der Waals surface area contributed by atoms with Crippen molar-refractivity contribution in [2.75, 3.05) is 7.11 Å². The third kappa shape index (κ3) is 4.64. The molecular formula is C29H30FNO4S. The number of methoxy groups -OCH3 is 1. The second-order valence-corrected chi connectivity index (χ2v) is 11.8.